The average Bonchev–Trinajstić information content (AvgIpc) is 3.06. The van der Waals surface area contributed by atoms with E-state index in [9.17, 15) is 35.4 Å². The van der Waals surface area contributed by atoms with Crippen LogP contribution in [0.4, 0.5) is 0 Å². The minimum atomic E-state index is -1.64. The summed E-state index contributed by atoms with van der Waals surface area (Å²) in [4.78, 5) is 13.4. The van der Waals surface area contributed by atoms with E-state index >= 15 is 0 Å². The summed E-state index contributed by atoms with van der Waals surface area (Å²) in [6.45, 7) is 1.23. The van der Waals surface area contributed by atoms with Gasteiger partial charge in [-0.15, -0.1) is 0 Å². The van der Waals surface area contributed by atoms with Gasteiger partial charge < -0.3 is 45.4 Å². The lowest BCUT2D eigenvalue weighted by molar-refractivity contribution is -0.303. The van der Waals surface area contributed by atoms with Gasteiger partial charge in [0, 0.05) is 5.56 Å². The first-order chi connectivity index (χ1) is 21.8. The van der Waals surface area contributed by atoms with Gasteiger partial charge in [-0.1, -0.05) is 120 Å². The number of aliphatic hydroxyl groups excluding tert-OH is 6. The molecular formula is C35H55NO9. The zero-order valence-corrected chi connectivity index (χ0v) is 26.7. The second kappa shape index (κ2) is 20.2. The van der Waals surface area contributed by atoms with Gasteiger partial charge in [-0.3, -0.25) is 4.79 Å². The molecule has 254 valence electrons. The van der Waals surface area contributed by atoms with Crippen LogP contribution in [0.1, 0.15) is 101 Å². The van der Waals surface area contributed by atoms with Crippen molar-refractivity contribution in [3.8, 4) is 0 Å². The number of nitrogens with one attached hydrogen (secondary N) is 1. The van der Waals surface area contributed by atoms with Crippen molar-refractivity contribution in [2.24, 2.45) is 0 Å². The molecule has 0 bridgehead atoms. The quantitative estimate of drug-likeness (QED) is 0.102. The molecule has 10 heteroatoms. The highest BCUT2D eigenvalue weighted by Gasteiger charge is 2.44. The lowest BCUT2D eigenvalue weighted by atomic mass is 9.98. The van der Waals surface area contributed by atoms with Gasteiger partial charge in [0.1, 0.15) is 30.5 Å². The molecule has 0 aliphatic carbocycles. The molecule has 10 nitrogen and oxygen atoms in total. The molecule has 1 aliphatic heterocycles. The van der Waals surface area contributed by atoms with Crippen molar-refractivity contribution < 1.29 is 44.9 Å². The molecule has 2 aromatic carbocycles. The van der Waals surface area contributed by atoms with Crippen molar-refractivity contribution in [1.82, 2.24) is 5.32 Å². The van der Waals surface area contributed by atoms with Crippen LogP contribution in [-0.2, 0) is 9.47 Å². The summed E-state index contributed by atoms with van der Waals surface area (Å²) in [5.41, 5.74) is 0.383. The number of hydrogen-bond donors (Lipinski definition) is 7. The van der Waals surface area contributed by atoms with E-state index in [1.807, 2.05) is 30.3 Å². The Labute approximate surface area is 267 Å². The maximum atomic E-state index is 13.4. The molecule has 0 aromatic heterocycles. The molecular weight excluding hydrogens is 578 g/mol. The minimum absolute atomic E-state index is 0.333. The monoisotopic (exact) mass is 633 g/mol. The van der Waals surface area contributed by atoms with Gasteiger partial charge in [0.25, 0.3) is 5.91 Å². The Morgan fingerprint density at radius 1 is 0.822 bits per heavy atom. The number of unbranched alkanes of at least 4 members (excludes halogenated alkanes) is 11. The second-order valence-corrected chi connectivity index (χ2v) is 12.4. The predicted octanol–water partition coefficient (Wildman–Crippen LogP) is 3.57. The van der Waals surface area contributed by atoms with E-state index in [0.717, 1.165) is 30.0 Å². The fraction of sp³-hybridized carbons (Fsp3) is 0.686. The van der Waals surface area contributed by atoms with Crippen molar-refractivity contribution in [1.29, 1.82) is 0 Å². The third-order valence-corrected chi connectivity index (χ3v) is 8.80. The molecule has 1 aliphatic rings. The number of rotatable bonds is 21. The number of hydrogen-bond acceptors (Lipinski definition) is 9. The highest BCUT2D eigenvalue weighted by molar-refractivity contribution is 6.07. The smallest absolute Gasteiger partial charge is 0.252 e. The van der Waals surface area contributed by atoms with Crippen LogP contribution >= 0.6 is 0 Å². The number of amides is 1. The molecule has 1 saturated heterocycles. The third kappa shape index (κ3) is 11.6. The largest absolute Gasteiger partial charge is 0.394 e. The van der Waals surface area contributed by atoms with Crippen molar-refractivity contribution in [3.63, 3.8) is 0 Å². The molecule has 3 rings (SSSR count). The number of carbonyl (C=O) groups is 1. The van der Waals surface area contributed by atoms with E-state index in [4.69, 9.17) is 9.47 Å². The van der Waals surface area contributed by atoms with Crippen LogP contribution in [0.25, 0.3) is 10.8 Å². The van der Waals surface area contributed by atoms with Crippen LogP contribution in [0.3, 0.4) is 0 Å². The van der Waals surface area contributed by atoms with Gasteiger partial charge >= 0.3 is 0 Å². The summed E-state index contributed by atoms with van der Waals surface area (Å²) in [6, 6.07) is 11.6. The minimum Gasteiger partial charge on any atom is -0.394 e. The number of aliphatic hydroxyl groups is 6. The molecule has 45 heavy (non-hydrogen) atoms. The summed E-state index contributed by atoms with van der Waals surface area (Å²) >= 11 is 0. The van der Waals surface area contributed by atoms with E-state index in [1.54, 1.807) is 12.1 Å². The summed E-state index contributed by atoms with van der Waals surface area (Å²) in [7, 11) is 0. The van der Waals surface area contributed by atoms with Crippen molar-refractivity contribution in [2.45, 2.75) is 139 Å². The molecule has 8 unspecified atom stereocenters. The Kier molecular flexibility index (Phi) is 16.7. The van der Waals surface area contributed by atoms with E-state index in [2.05, 4.69) is 12.2 Å². The Bertz CT molecular complexity index is 1110. The highest BCUT2D eigenvalue weighted by atomic mass is 16.7. The first-order valence-corrected chi connectivity index (χ1v) is 16.8. The van der Waals surface area contributed by atoms with Crippen LogP contribution in [0, 0.1) is 0 Å². The number of fused-ring (bicyclic) bond motifs is 1. The third-order valence-electron chi connectivity index (χ3n) is 8.80. The molecule has 1 amide bonds. The number of benzene rings is 2. The zero-order valence-electron chi connectivity index (χ0n) is 26.7. The van der Waals surface area contributed by atoms with Gasteiger partial charge in [-0.25, -0.2) is 0 Å². The second-order valence-electron chi connectivity index (χ2n) is 12.4. The van der Waals surface area contributed by atoms with Crippen LogP contribution in [0.15, 0.2) is 42.5 Å². The van der Waals surface area contributed by atoms with Gasteiger partial charge in [0.05, 0.1) is 25.4 Å². The van der Waals surface area contributed by atoms with Gasteiger partial charge in [0.15, 0.2) is 6.29 Å². The zero-order chi connectivity index (χ0) is 32.6. The maximum absolute atomic E-state index is 13.4. The molecule has 2 aromatic rings. The Hall–Kier alpha value is -2.15. The maximum Gasteiger partial charge on any atom is 0.252 e. The van der Waals surface area contributed by atoms with E-state index in [0.29, 0.717) is 18.4 Å². The van der Waals surface area contributed by atoms with E-state index in [-0.39, 0.29) is 6.61 Å². The molecule has 0 radical (unpaired) electrons. The fourth-order valence-corrected chi connectivity index (χ4v) is 5.93. The van der Waals surface area contributed by atoms with Crippen LogP contribution in [0.5, 0.6) is 0 Å². The lowest BCUT2D eigenvalue weighted by Gasteiger charge is -2.40. The Balaban J connectivity index is 1.55. The van der Waals surface area contributed by atoms with Gasteiger partial charge in [-0.2, -0.15) is 0 Å². The standard InChI is InChI=1S/C35H55NO9/c1-2-3-4-5-6-7-8-9-10-11-12-13-21-28(38)30(39)27(23-44-35-33(42)32(41)31(40)29(22-37)45-35)36-34(43)26-20-16-18-24-17-14-15-19-25(24)26/h14-20,27-33,35,37-42H,2-13,21-23H2,1H3,(H,36,43). The fourth-order valence-electron chi connectivity index (χ4n) is 5.93. The topological polar surface area (TPSA) is 169 Å². The van der Waals surface area contributed by atoms with Gasteiger partial charge in [-0.05, 0) is 23.3 Å². The first-order valence-electron chi connectivity index (χ1n) is 16.8. The van der Waals surface area contributed by atoms with Crippen molar-refractivity contribution >= 4 is 16.7 Å². The van der Waals surface area contributed by atoms with E-state index < -0.39 is 61.5 Å². The SMILES string of the molecule is CCCCCCCCCCCCCCC(O)C(O)C(COC1OC(CO)C(O)C(O)C1O)NC(=O)c1cccc2ccccc12. The van der Waals surface area contributed by atoms with Crippen LogP contribution in [-0.4, -0.2) is 98.7 Å². The van der Waals surface area contributed by atoms with Crippen molar-refractivity contribution in [2.75, 3.05) is 13.2 Å². The predicted molar refractivity (Wildman–Crippen MR) is 173 cm³/mol. The van der Waals surface area contributed by atoms with Crippen molar-refractivity contribution in [3.05, 3.63) is 48.0 Å². The molecule has 1 fully saturated rings. The van der Waals surface area contributed by atoms with Crippen LogP contribution < -0.4 is 5.32 Å². The molecule has 1 heterocycles. The molecule has 0 spiro atoms. The molecule has 0 saturated carbocycles. The summed E-state index contributed by atoms with van der Waals surface area (Å²) in [6.07, 6.45) is 4.48. The lowest BCUT2D eigenvalue weighted by Crippen LogP contribution is -2.60. The molecule has 7 N–H and O–H groups in total. The Morgan fingerprint density at radius 3 is 2.07 bits per heavy atom. The molecule has 8 atom stereocenters. The first kappa shape index (κ1) is 37.3. The number of carbonyl (C=O) groups excluding carboxylic acids is 1. The van der Waals surface area contributed by atoms with Gasteiger partial charge in [0.2, 0.25) is 0 Å². The summed E-state index contributed by atoms with van der Waals surface area (Å²) in [5, 5.41) is 66.6. The van der Waals surface area contributed by atoms with E-state index in [1.165, 1.54) is 51.4 Å². The number of ether oxygens (including phenoxy) is 2. The summed E-state index contributed by atoms with van der Waals surface area (Å²) < 4.78 is 11.1. The van der Waals surface area contributed by atoms with Crippen LogP contribution in [0.2, 0.25) is 0 Å². The Morgan fingerprint density at radius 2 is 1.42 bits per heavy atom. The summed E-state index contributed by atoms with van der Waals surface area (Å²) in [5.74, 6) is -0.481. The highest BCUT2D eigenvalue weighted by Crippen LogP contribution is 2.24. The average molecular weight is 634 g/mol. The normalized spacial score (nSPS) is 23.9.